The van der Waals surface area contributed by atoms with Gasteiger partial charge in [-0.2, -0.15) is 18.2 Å². The zero-order chi connectivity index (χ0) is 29.4. The molecular formula is C25H22ClF5N4O4S2. The van der Waals surface area contributed by atoms with Gasteiger partial charge in [0.05, 0.1) is 46.3 Å². The number of sulfone groups is 1. The Kier molecular flexibility index (Phi) is 7.04. The topological polar surface area (TPSA) is 93.5 Å². The number of fused-ring (bicyclic) bond motifs is 1. The molecule has 0 radical (unpaired) electrons. The summed E-state index contributed by atoms with van der Waals surface area (Å²) in [5.74, 6) is -2.77. The maximum absolute atomic E-state index is 15.2. The molecule has 2 saturated heterocycles. The highest BCUT2D eigenvalue weighted by molar-refractivity contribution is 7.99. The van der Waals surface area contributed by atoms with E-state index in [4.69, 9.17) is 16.3 Å². The summed E-state index contributed by atoms with van der Waals surface area (Å²) in [6, 6.07) is 0.868. The van der Waals surface area contributed by atoms with E-state index in [9.17, 15) is 30.8 Å². The van der Waals surface area contributed by atoms with Gasteiger partial charge in [0, 0.05) is 59.5 Å². The van der Waals surface area contributed by atoms with Gasteiger partial charge in [-0.25, -0.2) is 22.0 Å². The minimum absolute atomic E-state index is 0.0431. The maximum atomic E-state index is 15.2. The van der Waals surface area contributed by atoms with Gasteiger partial charge in [-0.1, -0.05) is 11.6 Å². The van der Waals surface area contributed by atoms with E-state index in [2.05, 4.69) is 10.3 Å². The molecule has 2 aromatic carbocycles. The van der Waals surface area contributed by atoms with Gasteiger partial charge < -0.3 is 15.0 Å². The summed E-state index contributed by atoms with van der Waals surface area (Å²) in [7, 11) is -2.05. The number of rotatable bonds is 3. The fraction of sp³-hybridized carbons (Fsp3) is 0.440. The first-order valence-corrected chi connectivity index (χ1v) is 15.7. The fourth-order valence-corrected chi connectivity index (χ4v) is 9.27. The van der Waals surface area contributed by atoms with Crippen LogP contribution in [0.3, 0.4) is 0 Å². The van der Waals surface area contributed by atoms with Crippen LogP contribution in [0.25, 0.3) is 22.0 Å². The maximum Gasteiger partial charge on any atom is 0.417 e. The van der Waals surface area contributed by atoms with Crippen LogP contribution in [0.2, 0.25) is 5.02 Å². The molecule has 1 N–H and O–H groups in total. The summed E-state index contributed by atoms with van der Waals surface area (Å²) in [5, 5.41) is 2.52. The molecule has 0 spiro atoms. The number of hydrogen-bond donors (Lipinski definition) is 1. The second kappa shape index (κ2) is 10.1. The first-order chi connectivity index (χ1) is 19.3. The van der Waals surface area contributed by atoms with Crippen LogP contribution in [0.5, 0.6) is 0 Å². The molecule has 3 aliphatic rings. The van der Waals surface area contributed by atoms with Crippen molar-refractivity contribution in [1.82, 2.24) is 14.9 Å². The molecule has 220 valence electrons. The fourth-order valence-electron chi connectivity index (χ4n) is 5.83. The third-order valence-electron chi connectivity index (χ3n) is 7.67. The Morgan fingerprint density at radius 1 is 1.17 bits per heavy atom. The Hall–Kier alpha value is -2.46. The molecule has 0 unspecified atom stereocenters. The van der Waals surface area contributed by atoms with Crippen molar-refractivity contribution in [2.75, 3.05) is 42.4 Å². The number of aromatic nitrogens is 2. The Bertz CT molecular complexity index is 1750. The lowest BCUT2D eigenvalue weighted by Crippen LogP contribution is -2.58. The average Bonchev–Trinajstić information content (AvgIpc) is 3.08. The predicted molar refractivity (Wildman–Crippen MR) is 144 cm³/mol. The molecule has 0 bridgehead atoms. The van der Waals surface area contributed by atoms with E-state index < -0.39 is 73.2 Å². The summed E-state index contributed by atoms with van der Waals surface area (Å²) in [6.07, 6.45) is -5.62. The lowest BCUT2D eigenvalue weighted by molar-refractivity contribution is -0.137. The van der Waals surface area contributed by atoms with Crippen LogP contribution in [0.1, 0.15) is 5.56 Å². The third-order valence-corrected chi connectivity index (χ3v) is 10.9. The molecule has 0 aliphatic carbocycles. The Morgan fingerprint density at radius 2 is 1.93 bits per heavy atom. The number of piperazine rings is 1. The van der Waals surface area contributed by atoms with Gasteiger partial charge in [0.2, 0.25) is 0 Å². The van der Waals surface area contributed by atoms with Crippen LogP contribution in [0.15, 0.2) is 27.9 Å². The highest BCUT2D eigenvalue weighted by atomic mass is 35.5. The summed E-state index contributed by atoms with van der Waals surface area (Å²) < 4.78 is 105. The van der Waals surface area contributed by atoms with Crippen molar-refractivity contribution in [2.45, 2.75) is 35.8 Å². The van der Waals surface area contributed by atoms with E-state index >= 15 is 4.39 Å². The van der Waals surface area contributed by atoms with E-state index in [0.29, 0.717) is 12.6 Å². The number of ether oxygens (including phenoxy) is 1. The minimum atomic E-state index is -5.01. The number of nitrogens with zero attached hydrogens (tertiary/aromatic N) is 3. The van der Waals surface area contributed by atoms with Crippen LogP contribution in [-0.4, -0.2) is 73.6 Å². The first-order valence-electron chi connectivity index (χ1n) is 12.5. The SMILES string of the molecule is CO[C@@H]1CSc2c(-c3cc(Cl)c(F)cc3F)c(C(F)(F)F)cc3c(N4CCN[C@H]5CS(=O)(=O)C[C@H]54)nc(=O)n(c23)C1. The monoisotopic (exact) mass is 636 g/mol. The van der Waals surface area contributed by atoms with Crippen molar-refractivity contribution >= 4 is 49.9 Å². The lowest BCUT2D eigenvalue weighted by Gasteiger charge is -2.39. The van der Waals surface area contributed by atoms with Gasteiger partial charge >= 0.3 is 11.9 Å². The Labute approximate surface area is 239 Å². The highest BCUT2D eigenvalue weighted by Gasteiger charge is 2.45. The van der Waals surface area contributed by atoms with Crippen molar-refractivity contribution in [1.29, 1.82) is 0 Å². The van der Waals surface area contributed by atoms with Crippen LogP contribution in [0, 0.1) is 11.6 Å². The number of halogens is 6. The Balaban J connectivity index is 1.72. The van der Waals surface area contributed by atoms with Crippen molar-refractivity contribution in [3.63, 3.8) is 0 Å². The Morgan fingerprint density at radius 3 is 2.63 bits per heavy atom. The smallest absolute Gasteiger partial charge is 0.379 e. The summed E-state index contributed by atoms with van der Waals surface area (Å²) in [6.45, 7) is 0.467. The zero-order valence-electron chi connectivity index (χ0n) is 21.3. The molecule has 3 aromatic rings. The largest absolute Gasteiger partial charge is 0.417 e. The number of hydrogen-bond acceptors (Lipinski definition) is 8. The normalized spacial score (nSPS) is 24.0. The van der Waals surface area contributed by atoms with Gasteiger partial charge in [0.25, 0.3) is 0 Å². The number of anilines is 1. The van der Waals surface area contributed by atoms with Gasteiger partial charge in [-0.05, 0) is 12.1 Å². The molecule has 6 rings (SSSR count). The van der Waals surface area contributed by atoms with E-state index in [-0.39, 0.29) is 52.0 Å². The molecule has 3 aliphatic heterocycles. The molecular weight excluding hydrogens is 615 g/mol. The molecule has 3 atom stereocenters. The molecule has 8 nitrogen and oxygen atoms in total. The standard InChI is InChI=1S/C25H22ClF5N4O4S2/c1-39-11-7-35-21-13(23(33-24(35)36)34-3-2-32-18-9-41(37,38)10-19(18)34)4-14(25(29,30)31)20(22(21)40-8-11)12-5-15(26)17(28)6-16(12)27/h4-6,11,18-19,32H,2-3,7-10H2,1H3/t11-,18-,19+/m0/s1. The van der Waals surface area contributed by atoms with Crippen LogP contribution >= 0.6 is 23.4 Å². The van der Waals surface area contributed by atoms with Crippen LogP contribution in [0.4, 0.5) is 27.8 Å². The molecule has 2 fully saturated rings. The first kappa shape index (κ1) is 28.6. The second-order valence-corrected chi connectivity index (χ2v) is 13.8. The highest BCUT2D eigenvalue weighted by Crippen LogP contribution is 2.49. The number of methoxy groups -OCH3 is 1. The lowest BCUT2D eigenvalue weighted by atomic mass is 9.95. The third kappa shape index (κ3) is 4.88. The van der Waals surface area contributed by atoms with Crippen molar-refractivity contribution in [2.24, 2.45) is 0 Å². The van der Waals surface area contributed by atoms with Crippen LogP contribution in [-0.2, 0) is 27.3 Å². The molecule has 16 heteroatoms. The van der Waals surface area contributed by atoms with Crippen LogP contribution < -0.4 is 15.9 Å². The van der Waals surface area contributed by atoms with Gasteiger partial charge in [0.1, 0.15) is 17.5 Å². The zero-order valence-corrected chi connectivity index (χ0v) is 23.7. The molecule has 0 amide bonds. The minimum Gasteiger partial charge on any atom is -0.379 e. The number of alkyl halides is 3. The van der Waals surface area contributed by atoms with Gasteiger partial charge in [-0.3, -0.25) is 4.57 Å². The number of nitrogens with one attached hydrogen (secondary N) is 1. The van der Waals surface area contributed by atoms with Gasteiger partial charge in [0.15, 0.2) is 9.84 Å². The van der Waals surface area contributed by atoms with E-state index in [0.717, 1.165) is 23.9 Å². The van der Waals surface area contributed by atoms with Crippen molar-refractivity contribution < 1.29 is 35.1 Å². The summed E-state index contributed by atoms with van der Waals surface area (Å²) in [4.78, 5) is 19.2. The summed E-state index contributed by atoms with van der Waals surface area (Å²) in [5.41, 5.74) is -3.10. The number of thioether (sulfide) groups is 1. The predicted octanol–water partition coefficient (Wildman–Crippen LogP) is 3.71. The average molecular weight is 637 g/mol. The number of benzene rings is 2. The van der Waals surface area contributed by atoms with Crippen molar-refractivity contribution in [3.05, 3.63) is 50.9 Å². The summed E-state index contributed by atoms with van der Waals surface area (Å²) >= 11 is 6.83. The van der Waals surface area contributed by atoms with Crippen molar-refractivity contribution in [3.8, 4) is 11.1 Å². The quantitative estimate of drug-likeness (QED) is 0.344. The molecule has 0 saturated carbocycles. The molecule has 4 heterocycles. The van der Waals surface area contributed by atoms with E-state index in [1.165, 1.54) is 11.7 Å². The van der Waals surface area contributed by atoms with Gasteiger partial charge in [-0.15, -0.1) is 11.8 Å². The van der Waals surface area contributed by atoms with E-state index in [1.807, 2.05) is 0 Å². The molecule has 1 aromatic heterocycles. The molecule has 41 heavy (non-hydrogen) atoms. The second-order valence-electron chi connectivity index (χ2n) is 10.2. The van der Waals surface area contributed by atoms with E-state index in [1.54, 1.807) is 4.90 Å².